The van der Waals surface area contributed by atoms with E-state index in [9.17, 15) is 4.79 Å². The summed E-state index contributed by atoms with van der Waals surface area (Å²) in [4.78, 5) is 16.0. The van der Waals surface area contributed by atoms with Gasteiger partial charge >= 0.3 is 0 Å². The second kappa shape index (κ2) is 7.44. The van der Waals surface area contributed by atoms with Crippen LogP contribution in [0.3, 0.4) is 0 Å². The van der Waals surface area contributed by atoms with Crippen molar-refractivity contribution in [2.75, 3.05) is 0 Å². The Morgan fingerprint density at radius 1 is 1.15 bits per heavy atom. The Morgan fingerprint density at radius 2 is 1.96 bits per heavy atom. The van der Waals surface area contributed by atoms with Crippen molar-refractivity contribution in [2.45, 2.75) is 31.5 Å². The quantitative estimate of drug-likeness (QED) is 0.714. The molecule has 5 heteroatoms. The molecule has 1 aromatic heterocycles. The summed E-state index contributed by atoms with van der Waals surface area (Å²) in [5.74, 6) is 1.28. The zero-order chi connectivity index (χ0) is 17.8. The monoisotopic (exact) mass is 347 g/mol. The summed E-state index contributed by atoms with van der Waals surface area (Å²) >= 11 is 0. The van der Waals surface area contributed by atoms with Crippen LogP contribution in [0.15, 0.2) is 73.3 Å². The Morgan fingerprint density at radius 3 is 2.69 bits per heavy atom. The highest BCUT2D eigenvalue weighted by Crippen LogP contribution is 2.41. The number of ether oxygens (including phenoxy) is 1. The van der Waals surface area contributed by atoms with E-state index in [4.69, 9.17) is 4.74 Å². The largest absolute Gasteiger partial charge is 0.489 e. The number of hydrogen-bond donors (Lipinski definition) is 1. The van der Waals surface area contributed by atoms with Gasteiger partial charge in [0.25, 0.3) is 0 Å². The number of nitrogens with zero attached hydrogens (tertiary/aromatic N) is 2. The van der Waals surface area contributed by atoms with Gasteiger partial charge in [-0.25, -0.2) is 4.98 Å². The summed E-state index contributed by atoms with van der Waals surface area (Å²) in [5, 5.41) is 3.08. The molecule has 1 aliphatic carbocycles. The maximum atomic E-state index is 12.0. The van der Waals surface area contributed by atoms with Gasteiger partial charge in [-0.05, 0) is 29.7 Å². The predicted molar refractivity (Wildman–Crippen MR) is 98.7 cm³/mol. The Bertz CT molecular complexity index is 845. The topological polar surface area (TPSA) is 56.2 Å². The van der Waals surface area contributed by atoms with Crippen molar-refractivity contribution in [1.29, 1.82) is 0 Å². The molecule has 1 N–H and O–H groups in total. The van der Waals surface area contributed by atoms with E-state index in [1.165, 1.54) is 5.56 Å². The highest BCUT2D eigenvalue weighted by atomic mass is 16.5. The third-order valence-corrected chi connectivity index (χ3v) is 4.58. The summed E-state index contributed by atoms with van der Waals surface area (Å²) in [6.45, 7) is 0.881. The Kier molecular flexibility index (Phi) is 4.69. The molecular weight excluding hydrogens is 326 g/mol. The molecule has 0 aliphatic heterocycles. The fourth-order valence-electron chi connectivity index (χ4n) is 3.07. The number of amides is 1. The van der Waals surface area contributed by atoms with Crippen molar-refractivity contribution in [3.05, 3.63) is 84.4 Å². The number of rotatable bonds is 7. The smallest absolute Gasteiger partial charge is 0.240 e. The first kappa shape index (κ1) is 16.4. The van der Waals surface area contributed by atoms with Crippen LogP contribution in [-0.2, 0) is 17.9 Å². The van der Waals surface area contributed by atoms with Gasteiger partial charge in [0.2, 0.25) is 5.91 Å². The van der Waals surface area contributed by atoms with E-state index in [0.29, 0.717) is 19.1 Å². The molecule has 2 atom stereocenters. The van der Waals surface area contributed by atoms with Gasteiger partial charge in [-0.15, -0.1) is 0 Å². The maximum Gasteiger partial charge on any atom is 0.240 e. The number of carbonyl (C=O) groups excluding carboxylic acids is 1. The van der Waals surface area contributed by atoms with Crippen molar-refractivity contribution >= 4 is 5.91 Å². The first-order chi connectivity index (χ1) is 12.8. The standard InChI is InChI=1S/C21H21N3O2/c25-21(13-24-11-10-22-15-24)23-20-12-19(20)17-6-8-18(9-7-17)26-14-16-4-2-1-3-5-16/h1-11,15,19-20H,12-14H2,(H,23,25). The summed E-state index contributed by atoms with van der Waals surface area (Å²) in [6, 6.07) is 18.5. The molecule has 4 rings (SSSR count). The average Bonchev–Trinajstić information content (AvgIpc) is 3.23. The van der Waals surface area contributed by atoms with E-state index < -0.39 is 0 Å². The molecule has 3 aromatic rings. The van der Waals surface area contributed by atoms with Crippen molar-refractivity contribution in [1.82, 2.24) is 14.9 Å². The molecule has 1 saturated carbocycles. The molecule has 26 heavy (non-hydrogen) atoms. The summed E-state index contributed by atoms with van der Waals surface area (Å²) in [5.41, 5.74) is 2.39. The van der Waals surface area contributed by atoms with Gasteiger partial charge in [0.05, 0.1) is 6.33 Å². The van der Waals surface area contributed by atoms with Crippen LogP contribution < -0.4 is 10.1 Å². The van der Waals surface area contributed by atoms with Gasteiger partial charge < -0.3 is 14.6 Å². The Balaban J connectivity index is 1.26. The van der Waals surface area contributed by atoms with Crippen LogP contribution in [-0.4, -0.2) is 21.5 Å². The summed E-state index contributed by atoms with van der Waals surface area (Å²) < 4.78 is 7.59. The molecule has 0 spiro atoms. The van der Waals surface area contributed by atoms with E-state index in [1.54, 1.807) is 23.3 Å². The minimum Gasteiger partial charge on any atom is -0.489 e. The molecule has 5 nitrogen and oxygen atoms in total. The molecule has 1 heterocycles. The molecule has 1 amide bonds. The number of carbonyl (C=O) groups is 1. The molecule has 2 unspecified atom stereocenters. The second-order valence-electron chi connectivity index (χ2n) is 6.59. The van der Waals surface area contributed by atoms with Crippen LogP contribution >= 0.6 is 0 Å². The lowest BCUT2D eigenvalue weighted by molar-refractivity contribution is -0.121. The Labute approximate surface area is 152 Å². The van der Waals surface area contributed by atoms with Crippen LogP contribution in [0.1, 0.15) is 23.5 Å². The van der Waals surface area contributed by atoms with E-state index in [0.717, 1.165) is 17.7 Å². The van der Waals surface area contributed by atoms with E-state index in [-0.39, 0.29) is 11.9 Å². The van der Waals surface area contributed by atoms with Crippen molar-refractivity contribution in [3.63, 3.8) is 0 Å². The van der Waals surface area contributed by atoms with E-state index in [2.05, 4.69) is 34.6 Å². The zero-order valence-corrected chi connectivity index (χ0v) is 14.4. The van der Waals surface area contributed by atoms with Crippen LogP contribution in [0.5, 0.6) is 5.75 Å². The molecule has 0 saturated heterocycles. The third kappa shape index (κ3) is 4.11. The lowest BCUT2D eigenvalue weighted by atomic mass is 10.1. The van der Waals surface area contributed by atoms with Crippen LogP contribution in [0.2, 0.25) is 0 Å². The number of nitrogens with one attached hydrogen (secondary N) is 1. The van der Waals surface area contributed by atoms with Crippen molar-refractivity contribution in [2.24, 2.45) is 0 Å². The first-order valence-corrected chi connectivity index (χ1v) is 8.80. The Hall–Kier alpha value is -3.08. The maximum absolute atomic E-state index is 12.0. The molecule has 0 radical (unpaired) electrons. The van der Waals surface area contributed by atoms with Gasteiger partial charge in [-0.1, -0.05) is 42.5 Å². The second-order valence-corrected chi connectivity index (χ2v) is 6.59. The highest BCUT2D eigenvalue weighted by molar-refractivity contribution is 5.76. The molecule has 1 fully saturated rings. The van der Waals surface area contributed by atoms with Gasteiger partial charge in [-0.3, -0.25) is 4.79 Å². The fourth-order valence-corrected chi connectivity index (χ4v) is 3.07. The summed E-state index contributed by atoms with van der Waals surface area (Å²) in [6.07, 6.45) is 6.10. The van der Waals surface area contributed by atoms with Gasteiger partial charge in [0.1, 0.15) is 18.9 Å². The molecule has 2 aromatic carbocycles. The number of aromatic nitrogens is 2. The SMILES string of the molecule is O=C(Cn1ccnc1)NC1CC1c1ccc(OCc2ccccc2)cc1. The third-order valence-electron chi connectivity index (χ3n) is 4.58. The molecular formula is C21H21N3O2. The van der Waals surface area contributed by atoms with Crippen LogP contribution in [0, 0.1) is 0 Å². The number of imidazole rings is 1. The minimum atomic E-state index is 0.0262. The summed E-state index contributed by atoms with van der Waals surface area (Å²) in [7, 11) is 0. The predicted octanol–water partition coefficient (Wildman–Crippen LogP) is 3.13. The van der Waals surface area contributed by atoms with Crippen molar-refractivity contribution in [3.8, 4) is 5.75 Å². The number of hydrogen-bond acceptors (Lipinski definition) is 3. The van der Waals surface area contributed by atoms with E-state index >= 15 is 0 Å². The van der Waals surface area contributed by atoms with E-state index in [1.807, 2.05) is 30.3 Å². The first-order valence-electron chi connectivity index (χ1n) is 8.80. The number of benzene rings is 2. The molecule has 1 aliphatic rings. The normalized spacial score (nSPS) is 18.3. The lowest BCUT2D eigenvalue weighted by Crippen LogP contribution is -2.29. The van der Waals surface area contributed by atoms with Crippen LogP contribution in [0.25, 0.3) is 0 Å². The zero-order valence-electron chi connectivity index (χ0n) is 14.4. The highest BCUT2D eigenvalue weighted by Gasteiger charge is 2.39. The van der Waals surface area contributed by atoms with Gasteiger partial charge in [0, 0.05) is 24.4 Å². The average molecular weight is 347 g/mol. The molecule has 0 bridgehead atoms. The fraction of sp³-hybridized carbons (Fsp3) is 0.238. The van der Waals surface area contributed by atoms with Crippen molar-refractivity contribution < 1.29 is 9.53 Å². The van der Waals surface area contributed by atoms with Gasteiger partial charge in [0.15, 0.2) is 0 Å². The lowest BCUT2D eigenvalue weighted by Gasteiger charge is -2.08. The molecule has 132 valence electrons. The minimum absolute atomic E-state index is 0.0262. The van der Waals surface area contributed by atoms with Crippen LogP contribution in [0.4, 0.5) is 0 Å². The van der Waals surface area contributed by atoms with Gasteiger partial charge in [-0.2, -0.15) is 0 Å².